The molecule has 2 aromatic carbocycles. The Morgan fingerprint density at radius 3 is 2.58 bits per heavy atom. The van der Waals surface area contributed by atoms with Crippen molar-refractivity contribution in [3.8, 4) is 0 Å². The number of benzene rings is 2. The molecular formula is C17H15Cl2NO3S. The monoisotopic (exact) mass is 383 g/mol. The second-order valence-corrected chi connectivity index (χ2v) is 7.91. The van der Waals surface area contributed by atoms with Crippen LogP contribution in [0.15, 0.2) is 48.5 Å². The van der Waals surface area contributed by atoms with Crippen LogP contribution < -0.4 is 4.90 Å². The maximum atomic E-state index is 11.5. The molecule has 126 valence electrons. The van der Waals surface area contributed by atoms with Crippen molar-refractivity contribution in [2.45, 2.75) is 12.5 Å². The smallest absolute Gasteiger partial charge is 0.266 e. The Balaban J connectivity index is 2.20. The molecule has 0 saturated carbocycles. The molecule has 1 heterocycles. The number of fused-ring (bicyclic) bond motifs is 1. The Labute approximate surface area is 151 Å². The van der Waals surface area contributed by atoms with Crippen LogP contribution in [0.5, 0.6) is 0 Å². The van der Waals surface area contributed by atoms with E-state index in [9.17, 15) is 13.0 Å². The van der Waals surface area contributed by atoms with Crippen LogP contribution in [0.25, 0.3) is 6.08 Å². The lowest BCUT2D eigenvalue weighted by Gasteiger charge is -2.33. The second kappa shape index (κ2) is 6.76. The molecule has 0 radical (unpaired) electrons. The summed E-state index contributed by atoms with van der Waals surface area (Å²) in [5.41, 5.74) is 2.31. The van der Waals surface area contributed by atoms with Gasteiger partial charge in [0.15, 0.2) is 0 Å². The lowest BCUT2D eigenvalue weighted by atomic mass is 10.1. The predicted octanol–water partition coefficient (Wildman–Crippen LogP) is 4.80. The van der Waals surface area contributed by atoms with Gasteiger partial charge in [0.2, 0.25) is 0 Å². The summed E-state index contributed by atoms with van der Waals surface area (Å²) in [5, 5.41) is 1.03. The van der Waals surface area contributed by atoms with Gasteiger partial charge in [-0.15, -0.1) is 0 Å². The first-order valence-corrected chi connectivity index (χ1v) is 9.67. The van der Waals surface area contributed by atoms with Gasteiger partial charge in [-0.1, -0.05) is 53.6 Å². The minimum Gasteiger partial charge on any atom is -0.335 e. The van der Waals surface area contributed by atoms with Gasteiger partial charge >= 0.3 is 0 Å². The standard InChI is InChI=1S/C17H15Cl2NO3S/c18-13-9-8-12-4-3-5-14(11-24(21,22)23)20(17(12)10-13)16-7-2-1-6-15(16)19/h1-4,6-10,14H,5,11H2,(H,21,22,23). The Bertz CT molecular complexity index is 896. The summed E-state index contributed by atoms with van der Waals surface area (Å²) in [4.78, 5) is 1.83. The van der Waals surface area contributed by atoms with E-state index in [1.54, 1.807) is 24.3 Å². The third kappa shape index (κ3) is 3.75. The van der Waals surface area contributed by atoms with Gasteiger partial charge in [-0.05, 0) is 36.2 Å². The minimum absolute atomic E-state index is 0.408. The van der Waals surface area contributed by atoms with Crippen molar-refractivity contribution >= 4 is 50.8 Å². The highest BCUT2D eigenvalue weighted by Gasteiger charge is 2.29. The average molecular weight is 384 g/mol. The number of hydrogen-bond donors (Lipinski definition) is 1. The zero-order chi connectivity index (χ0) is 17.3. The van der Waals surface area contributed by atoms with Crippen LogP contribution in [0.1, 0.15) is 12.0 Å². The highest BCUT2D eigenvalue weighted by Crippen LogP contribution is 2.40. The van der Waals surface area contributed by atoms with Crippen molar-refractivity contribution in [2.75, 3.05) is 10.7 Å². The zero-order valence-corrected chi connectivity index (χ0v) is 14.9. The summed E-state index contributed by atoms with van der Waals surface area (Å²) in [6.45, 7) is 0. The van der Waals surface area contributed by atoms with Crippen LogP contribution in [0.2, 0.25) is 10.0 Å². The topological polar surface area (TPSA) is 57.6 Å². The Kier molecular flexibility index (Phi) is 4.88. The molecule has 7 heteroatoms. The van der Waals surface area contributed by atoms with Gasteiger partial charge in [0.05, 0.1) is 28.2 Å². The molecule has 0 fully saturated rings. The second-order valence-electron chi connectivity index (χ2n) is 5.57. The first kappa shape index (κ1) is 17.3. The maximum Gasteiger partial charge on any atom is 0.266 e. The molecule has 0 aliphatic carbocycles. The van der Waals surface area contributed by atoms with Crippen molar-refractivity contribution in [3.05, 3.63) is 64.1 Å². The summed E-state index contributed by atoms with van der Waals surface area (Å²) in [6.07, 6.45) is 4.25. The van der Waals surface area contributed by atoms with E-state index in [1.165, 1.54) is 0 Å². The fourth-order valence-corrected chi connectivity index (χ4v) is 4.04. The van der Waals surface area contributed by atoms with E-state index in [2.05, 4.69) is 0 Å². The molecule has 24 heavy (non-hydrogen) atoms. The summed E-state index contributed by atoms with van der Waals surface area (Å²) >= 11 is 12.5. The summed E-state index contributed by atoms with van der Waals surface area (Å²) < 4.78 is 32.4. The van der Waals surface area contributed by atoms with Gasteiger partial charge in [-0.2, -0.15) is 8.42 Å². The van der Waals surface area contributed by atoms with Gasteiger partial charge in [0.25, 0.3) is 10.1 Å². The molecule has 1 aliphatic heterocycles. The molecule has 4 nitrogen and oxygen atoms in total. The quantitative estimate of drug-likeness (QED) is 0.772. The number of para-hydroxylation sites is 1. The van der Waals surface area contributed by atoms with E-state index in [-0.39, 0.29) is 0 Å². The normalized spacial score (nSPS) is 17.5. The molecule has 0 aromatic heterocycles. The maximum absolute atomic E-state index is 11.5. The highest BCUT2D eigenvalue weighted by atomic mass is 35.5. The van der Waals surface area contributed by atoms with Crippen molar-refractivity contribution < 1.29 is 13.0 Å². The molecular weight excluding hydrogens is 369 g/mol. The van der Waals surface area contributed by atoms with E-state index in [4.69, 9.17) is 23.2 Å². The molecule has 0 bridgehead atoms. The highest BCUT2D eigenvalue weighted by molar-refractivity contribution is 7.85. The van der Waals surface area contributed by atoms with E-state index in [1.807, 2.05) is 35.3 Å². The van der Waals surface area contributed by atoms with Crippen molar-refractivity contribution in [3.63, 3.8) is 0 Å². The molecule has 0 saturated heterocycles. The molecule has 1 atom stereocenters. The molecule has 2 aromatic rings. The summed E-state index contributed by atoms with van der Waals surface area (Å²) in [6, 6.07) is 12.1. The van der Waals surface area contributed by atoms with E-state index in [0.717, 1.165) is 11.3 Å². The summed E-state index contributed by atoms with van der Waals surface area (Å²) in [5.74, 6) is -0.408. The first-order chi connectivity index (χ1) is 11.3. The van der Waals surface area contributed by atoms with Gasteiger partial charge < -0.3 is 4.90 Å². The molecule has 0 amide bonds. The predicted molar refractivity (Wildman–Crippen MR) is 98.9 cm³/mol. The van der Waals surface area contributed by atoms with E-state index >= 15 is 0 Å². The van der Waals surface area contributed by atoms with E-state index in [0.29, 0.717) is 22.2 Å². The number of rotatable bonds is 3. The minimum atomic E-state index is -4.16. The molecule has 1 aliphatic rings. The van der Waals surface area contributed by atoms with Crippen molar-refractivity contribution in [1.82, 2.24) is 0 Å². The number of anilines is 2. The number of halogens is 2. The molecule has 3 rings (SSSR count). The zero-order valence-electron chi connectivity index (χ0n) is 12.6. The fourth-order valence-electron chi connectivity index (χ4n) is 2.88. The van der Waals surface area contributed by atoms with Crippen LogP contribution in [0.4, 0.5) is 11.4 Å². The molecule has 0 spiro atoms. The number of hydrogen-bond acceptors (Lipinski definition) is 3. The summed E-state index contributed by atoms with van der Waals surface area (Å²) in [7, 11) is -4.16. The number of nitrogens with zero attached hydrogens (tertiary/aromatic N) is 1. The van der Waals surface area contributed by atoms with Gasteiger partial charge in [-0.25, -0.2) is 0 Å². The lowest BCUT2D eigenvalue weighted by Crippen LogP contribution is -2.36. The fraction of sp³-hybridized carbons (Fsp3) is 0.176. The van der Waals surface area contributed by atoms with Crippen LogP contribution >= 0.6 is 23.2 Å². The Morgan fingerprint density at radius 2 is 1.88 bits per heavy atom. The van der Waals surface area contributed by atoms with Gasteiger partial charge in [-0.3, -0.25) is 4.55 Å². The molecule has 1 unspecified atom stereocenters. The Morgan fingerprint density at radius 1 is 1.12 bits per heavy atom. The first-order valence-electron chi connectivity index (χ1n) is 7.30. The van der Waals surface area contributed by atoms with Gasteiger partial charge in [0.1, 0.15) is 0 Å². The van der Waals surface area contributed by atoms with Crippen LogP contribution in [0, 0.1) is 0 Å². The van der Waals surface area contributed by atoms with Crippen LogP contribution in [-0.4, -0.2) is 24.8 Å². The van der Waals surface area contributed by atoms with Crippen LogP contribution in [-0.2, 0) is 10.1 Å². The third-order valence-electron chi connectivity index (χ3n) is 3.84. The Hall–Kier alpha value is -1.53. The van der Waals surface area contributed by atoms with Crippen molar-refractivity contribution in [1.29, 1.82) is 0 Å². The SMILES string of the molecule is O=S(=O)(O)CC1CC=Cc2ccc(Cl)cc2N1c1ccccc1Cl. The third-order valence-corrected chi connectivity index (χ3v) is 5.20. The lowest BCUT2D eigenvalue weighted by molar-refractivity contribution is 0.476. The van der Waals surface area contributed by atoms with Crippen molar-refractivity contribution in [2.24, 2.45) is 0 Å². The average Bonchev–Trinajstić information content (AvgIpc) is 2.65. The van der Waals surface area contributed by atoms with Crippen LogP contribution in [0.3, 0.4) is 0 Å². The largest absolute Gasteiger partial charge is 0.335 e. The molecule has 1 N–H and O–H groups in total. The van der Waals surface area contributed by atoms with E-state index < -0.39 is 21.9 Å². The van der Waals surface area contributed by atoms with Gasteiger partial charge in [0, 0.05) is 5.02 Å².